The first-order chi connectivity index (χ1) is 14.6. The summed E-state index contributed by atoms with van der Waals surface area (Å²) < 4.78 is 20.2. The van der Waals surface area contributed by atoms with Gasteiger partial charge in [-0.05, 0) is 68.2 Å². The zero-order valence-electron chi connectivity index (χ0n) is 17.0. The average Bonchev–Trinajstić information content (AvgIpc) is 3.17. The molecule has 6 nitrogen and oxygen atoms in total. The number of ether oxygens (including phenoxy) is 1. The Morgan fingerprint density at radius 2 is 1.97 bits per heavy atom. The van der Waals surface area contributed by atoms with E-state index in [0.717, 1.165) is 28.8 Å². The van der Waals surface area contributed by atoms with Crippen LogP contribution in [0.1, 0.15) is 28.9 Å². The van der Waals surface area contributed by atoms with Crippen molar-refractivity contribution in [3.8, 4) is 5.69 Å². The normalized spacial score (nSPS) is 23.1. The predicted octanol–water partition coefficient (Wildman–Crippen LogP) is 3.14. The molecule has 3 aliphatic rings. The molecule has 156 valence electrons. The number of nitrogens with one attached hydrogen (secondary N) is 1. The number of hydrogen-bond acceptors (Lipinski definition) is 5. The maximum absolute atomic E-state index is 13.4. The zero-order valence-corrected chi connectivity index (χ0v) is 17.0. The van der Waals surface area contributed by atoms with Gasteiger partial charge in [0.25, 0.3) is 0 Å². The number of fused-ring (bicyclic) bond motifs is 4. The summed E-state index contributed by atoms with van der Waals surface area (Å²) in [6, 6.07) is 12.2. The molecule has 2 aromatic carbocycles. The second-order valence-electron chi connectivity index (χ2n) is 8.15. The van der Waals surface area contributed by atoms with E-state index in [-0.39, 0.29) is 11.8 Å². The fourth-order valence-corrected chi connectivity index (χ4v) is 4.85. The number of benzene rings is 2. The van der Waals surface area contributed by atoms with Gasteiger partial charge in [-0.25, -0.2) is 13.9 Å². The van der Waals surface area contributed by atoms with E-state index in [4.69, 9.17) is 9.84 Å². The van der Waals surface area contributed by atoms with Crippen molar-refractivity contribution in [2.75, 3.05) is 26.7 Å². The molecule has 0 amide bonds. The lowest BCUT2D eigenvalue weighted by molar-refractivity contribution is 0.0603. The zero-order chi connectivity index (χ0) is 20.7. The van der Waals surface area contributed by atoms with Crippen molar-refractivity contribution in [2.24, 2.45) is 5.92 Å². The smallest absolute Gasteiger partial charge is 0.338 e. The Kier molecular flexibility index (Phi) is 5.00. The minimum absolute atomic E-state index is 0.297. The maximum Gasteiger partial charge on any atom is 0.338 e. The summed E-state index contributed by atoms with van der Waals surface area (Å²) in [5.41, 5.74) is 2.84. The van der Waals surface area contributed by atoms with Gasteiger partial charge in [-0.3, -0.25) is 0 Å². The number of carbonyl (C=O) groups is 1. The number of nitrogens with zero attached hydrogens (tertiary/aromatic N) is 3. The summed E-state index contributed by atoms with van der Waals surface area (Å²) in [4.78, 5) is 15.0. The largest absolute Gasteiger partial charge is 0.465 e. The van der Waals surface area contributed by atoms with Crippen LogP contribution in [0.25, 0.3) is 16.6 Å². The third kappa shape index (κ3) is 3.38. The summed E-state index contributed by atoms with van der Waals surface area (Å²) in [6.07, 6.45) is 2.46. The molecule has 0 radical (unpaired) electrons. The highest BCUT2D eigenvalue weighted by Gasteiger charge is 2.34. The average molecular weight is 408 g/mol. The first-order valence-corrected chi connectivity index (χ1v) is 10.4. The van der Waals surface area contributed by atoms with Gasteiger partial charge in [0.2, 0.25) is 0 Å². The van der Waals surface area contributed by atoms with Crippen molar-refractivity contribution >= 4 is 16.9 Å². The Morgan fingerprint density at radius 1 is 1.20 bits per heavy atom. The lowest BCUT2D eigenvalue weighted by atomic mass is 9.84. The third-order valence-corrected chi connectivity index (χ3v) is 6.44. The van der Waals surface area contributed by atoms with Crippen LogP contribution in [0.5, 0.6) is 0 Å². The van der Waals surface area contributed by atoms with E-state index in [1.54, 1.807) is 22.9 Å². The van der Waals surface area contributed by atoms with Crippen molar-refractivity contribution in [2.45, 2.75) is 25.4 Å². The van der Waals surface area contributed by atoms with Crippen molar-refractivity contribution in [1.82, 2.24) is 20.0 Å². The first-order valence-electron chi connectivity index (χ1n) is 10.4. The molecule has 0 saturated carbocycles. The SMILES string of the molecule is COC(=O)c1cccc2c1c(CN[C@H]1CN3CCC1CC3)nn2-c1ccc(F)cc1. The number of rotatable bonds is 5. The van der Waals surface area contributed by atoms with Gasteiger partial charge in [-0.1, -0.05) is 6.07 Å². The lowest BCUT2D eigenvalue weighted by Crippen LogP contribution is -2.55. The highest BCUT2D eigenvalue weighted by Crippen LogP contribution is 2.29. The maximum atomic E-state index is 13.4. The molecule has 1 atom stereocenters. The molecule has 0 aliphatic carbocycles. The molecular formula is C23H25FN4O2. The van der Waals surface area contributed by atoms with Crippen LogP contribution < -0.4 is 5.32 Å². The molecule has 2 bridgehead atoms. The molecule has 6 rings (SSSR count). The molecule has 4 heterocycles. The lowest BCUT2D eigenvalue weighted by Gasteiger charge is -2.45. The van der Waals surface area contributed by atoms with Gasteiger partial charge in [0.15, 0.2) is 0 Å². The van der Waals surface area contributed by atoms with Crippen LogP contribution in [0.15, 0.2) is 42.5 Å². The van der Waals surface area contributed by atoms with Gasteiger partial charge in [-0.2, -0.15) is 5.10 Å². The third-order valence-electron chi connectivity index (χ3n) is 6.44. The highest BCUT2D eigenvalue weighted by atomic mass is 19.1. The molecule has 3 aromatic rings. The van der Waals surface area contributed by atoms with Gasteiger partial charge >= 0.3 is 5.97 Å². The van der Waals surface area contributed by atoms with Crippen molar-refractivity contribution in [3.05, 3.63) is 59.5 Å². The van der Waals surface area contributed by atoms with Crippen LogP contribution in [0.2, 0.25) is 0 Å². The highest BCUT2D eigenvalue weighted by molar-refractivity contribution is 6.05. The van der Waals surface area contributed by atoms with Crippen LogP contribution in [0, 0.1) is 11.7 Å². The molecule has 3 fully saturated rings. The van der Waals surface area contributed by atoms with E-state index in [2.05, 4.69) is 10.2 Å². The fraction of sp³-hybridized carbons (Fsp3) is 0.391. The predicted molar refractivity (Wildman–Crippen MR) is 112 cm³/mol. The topological polar surface area (TPSA) is 59.4 Å². The Hall–Kier alpha value is -2.77. The van der Waals surface area contributed by atoms with E-state index < -0.39 is 0 Å². The number of piperidine rings is 3. The van der Waals surface area contributed by atoms with E-state index in [9.17, 15) is 9.18 Å². The molecule has 1 aromatic heterocycles. The summed E-state index contributed by atoms with van der Waals surface area (Å²) in [5.74, 6) is 0.0126. The number of methoxy groups -OCH3 is 1. The summed E-state index contributed by atoms with van der Waals surface area (Å²) in [5, 5.41) is 9.29. The van der Waals surface area contributed by atoms with Crippen LogP contribution in [-0.2, 0) is 11.3 Å². The van der Waals surface area contributed by atoms with E-state index in [1.165, 1.54) is 45.2 Å². The van der Waals surface area contributed by atoms with E-state index >= 15 is 0 Å². The molecule has 0 unspecified atom stereocenters. The van der Waals surface area contributed by atoms with Crippen molar-refractivity contribution < 1.29 is 13.9 Å². The van der Waals surface area contributed by atoms with Gasteiger partial charge in [0, 0.05) is 24.5 Å². The Balaban J connectivity index is 1.54. The monoisotopic (exact) mass is 408 g/mol. The summed E-state index contributed by atoms with van der Waals surface area (Å²) in [7, 11) is 1.39. The quantitative estimate of drug-likeness (QED) is 0.658. The van der Waals surface area contributed by atoms with Gasteiger partial charge in [0.1, 0.15) is 5.82 Å². The van der Waals surface area contributed by atoms with Crippen LogP contribution >= 0.6 is 0 Å². The van der Waals surface area contributed by atoms with Gasteiger partial charge in [-0.15, -0.1) is 0 Å². The summed E-state index contributed by atoms with van der Waals surface area (Å²) >= 11 is 0. The number of hydrogen-bond donors (Lipinski definition) is 1. The first kappa shape index (κ1) is 19.2. The van der Waals surface area contributed by atoms with Crippen LogP contribution in [0.4, 0.5) is 4.39 Å². The molecule has 3 saturated heterocycles. The summed E-state index contributed by atoms with van der Waals surface area (Å²) in [6.45, 7) is 4.01. The molecular weight excluding hydrogens is 383 g/mol. The second-order valence-corrected chi connectivity index (χ2v) is 8.15. The molecule has 0 spiro atoms. The van der Waals surface area contributed by atoms with Crippen molar-refractivity contribution in [3.63, 3.8) is 0 Å². The number of halogens is 1. The standard InChI is InChI=1S/C23H25FN4O2/c1-30-23(29)18-3-2-4-21-22(18)19(26-28(21)17-7-5-16(24)6-8-17)13-25-20-14-27-11-9-15(20)10-12-27/h2-8,15,20,25H,9-14H2,1H3/t20-/m0/s1. The second kappa shape index (κ2) is 7.81. The minimum Gasteiger partial charge on any atom is -0.465 e. The van der Waals surface area contributed by atoms with E-state index in [0.29, 0.717) is 24.1 Å². The number of aromatic nitrogens is 2. The number of carbonyl (C=O) groups excluding carboxylic acids is 1. The fourth-order valence-electron chi connectivity index (χ4n) is 4.85. The van der Waals surface area contributed by atoms with Crippen molar-refractivity contribution in [1.29, 1.82) is 0 Å². The Bertz CT molecular complexity index is 1070. The molecule has 1 N–H and O–H groups in total. The number of esters is 1. The molecule has 7 heteroatoms. The Labute approximate surface area is 174 Å². The van der Waals surface area contributed by atoms with Crippen LogP contribution in [0.3, 0.4) is 0 Å². The molecule has 30 heavy (non-hydrogen) atoms. The molecule has 3 aliphatic heterocycles. The minimum atomic E-state index is -0.386. The van der Waals surface area contributed by atoms with Crippen LogP contribution in [-0.4, -0.2) is 53.4 Å². The Morgan fingerprint density at radius 3 is 2.63 bits per heavy atom. The van der Waals surface area contributed by atoms with Gasteiger partial charge < -0.3 is 15.0 Å². The van der Waals surface area contributed by atoms with Gasteiger partial charge in [0.05, 0.1) is 29.6 Å². The van der Waals surface area contributed by atoms with E-state index in [1.807, 2.05) is 12.1 Å².